The second kappa shape index (κ2) is 13.9. The molecule has 0 aliphatic carbocycles. The van der Waals surface area contributed by atoms with Gasteiger partial charge in [0.25, 0.3) is 0 Å². The summed E-state index contributed by atoms with van der Waals surface area (Å²) in [6.07, 6.45) is 7.52. The van der Waals surface area contributed by atoms with Crippen LogP contribution in [-0.2, 0) is 4.79 Å². The summed E-state index contributed by atoms with van der Waals surface area (Å²) in [5.41, 5.74) is 5.65. The molecule has 0 atom stereocenters. The number of nitrogens with one attached hydrogen (secondary N) is 1. The number of guanidine groups is 1. The predicted molar refractivity (Wildman–Crippen MR) is 92.0 cm³/mol. The number of amides is 1. The third kappa shape index (κ3) is 13.7. The van der Waals surface area contributed by atoms with E-state index in [1.807, 2.05) is 0 Å². The van der Waals surface area contributed by atoms with Crippen LogP contribution < -0.4 is 11.1 Å². The first-order chi connectivity index (χ1) is 8.57. The van der Waals surface area contributed by atoms with Crippen LogP contribution in [0.25, 0.3) is 0 Å². The van der Waals surface area contributed by atoms with E-state index in [2.05, 4.69) is 17.2 Å². The zero-order chi connectivity index (χ0) is 13.8. The lowest BCUT2D eigenvalue weighted by Gasteiger charge is -2.09. The standard InChI is InChI=1S/C13H28N4O.HI/c1-4-5-6-7-8-9-10-15-13(14)16-11-12(18)17(2)3;/h4-11H2,1-3H3,(H3,14,15,16);1H. The molecular formula is C13H29IN4O. The third-order valence-electron chi connectivity index (χ3n) is 2.72. The van der Waals surface area contributed by atoms with E-state index >= 15 is 0 Å². The lowest BCUT2D eigenvalue weighted by atomic mass is 10.1. The van der Waals surface area contributed by atoms with Crippen molar-refractivity contribution < 1.29 is 4.79 Å². The largest absolute Gasteiger partial charge is 0.370 e. The summed E-state index contributed by atoms with van der Waals surface area (Å²) in [4.78, 5) is 16.7. The number of hydrogen-bond acceptors (Lipinski definition) is 2. The van der Waals surface area contributed by atoms with E-state index in [4.69, 9.17) is 5.73 Å². The van der Waals surface area contributed by atoms with Gasteiger partial charge in [-0.25, -0.2) is 4.99 Å². The van der Waals surface area contributed by atoms with Crippen molar-refractivity contribution in [1.82, 2.24) is 10.2 Å². The molecule has 114 valence electrons. The Bertz CT molecular complexity index is 257. The van der Waals surface area contributed by atoms with Crippen LogP contribution in [0.2, 0.25) is 0 Å². The first-order valence-corrected chi connectivity index (χ1v) is 6.81. The Kier molecular flexibility index (Phi) is 15.2. The Hall–Kier alpha value is -0.530. The molecule has 0 bridgehead atoms. The SMILES string of the molecule is CCCCCCCCNC(N)=NCC(=O)N(C)C.I. The predicted octanol–water partition coefficient (Wildman–Crippen LogP) is 1.96. The summed E-state index contributed by atoms with van der Waals surface area (Å²) in [5.74, 6) is 0.318. The van der Waals surface area contributed by atoms with Gasteiger partial charge in [0, 0.05) is 20.6 Å². The van der Waals surface area contributed by atoms with Gasteiger partial charge in [-0.3, -0.25) is 4.79 Å². The fourth-order valence-corrected chi connectivity index (χ4v) is 1.47. The molecule has 0 aliphatic rings. The molecule has 0 unspecified atom stereocenters. The van der Waals surface area contributed by atoms with Crippen LogP contribution in [0, 0.1) is 0 Å². The first kappa shape index (κ1) is 20.8. The molecule has 0 saturated heterocycles. The molecule has 1 amide bonds. The first-order valence-electron chi connectivity index (χ1n) is 6.81. The van der Waals surface area contributed by atoms with Crippen molar-refractivity contribution in [2.24, 2.45) is 10.7 Å². The summed E-state index contributed by atoms with van der Waals surface area (Å²) in [6.45, 7) is 3.16. The van der Waals surface area contributed by atoms with Gasteiger partial charge >= 0.3 is 0 Å². The second-order valence-corrected chi connectivity index (χ2v) is 4.68. The zero-order valence-corrected chi connectivity index (χ0v) is 14.8. The maximum absolute atomic E-state index is 11.3. The van der Waals surface area contributed by atoms with Crippen LogP contribution in [0.4, 0.5) is 0 Å². The third-order valence-corrected chi connectivity index (χ3v) is 2.72. The zero-order valence-electron chi connectivity index (χ0n) is 12.4. The van der Waals surface area contributed by atoms with Crippen molar-refractivity contribution in [3.63, 3.8) is 0 Å². The van der Waals surface area contributed by atoms with E-state index in [-0.39, 0.29) is 36.4 Å². The smallest absolute Gasteiger partial charge is 0.243 e. The van der Waals surface area contributed by atoms with Crippen molar-refractivity contribution in [2.45, 2.75) is 45.4 Å². The summed E-state index contributed by atoms with van der Waals surface area (Å²) in [5, 5.41) is 3.02. The highest BCUT2D eigenvalue weighted by atomic mass is 127. The van der Waals surface area contributed by atoms with Crippen LogP contribution >= 0.6 is 24.0 Å². The molecule has 0 heterocycles. The Morgan fingerprint density at radius 2 is 1.74 bits per heavy atom. The van der Waals surface area contributed by atoms with Gasteiger partial charge in [0.15, 0.2) is 5.96 Å². The van der Waals surface area contributed by atoms with E-state index < -0.39 is 0 Å². The van der Waals surface area contributed by atoms with E-state index in [1.165, 1.54) is 37.0 Å². The highest BCUT2D eigenvalue weighted by Crippen LogP contribution is 2.03. The van der Waals surface area contributed by atoms with Crippen molar-refractivity contribution in [1.29, 1.82) is 0 Å². The van der Waals surface area contributed by atoms with Crippen molar-refractivity contribution >= 4 is 35.8 Å². The molecule has 0 aliphatic heterocycles. The molecule has 0 aromatic heterocycles. The van der Waals surface area contributed by atoms with E-state index in [0.717, 1.165) is 13.0 Å². The minimum atomic E-state index is -0.0423. The summed E-state index contributed by atoms with van der Waals surface area (Å²) >= 11 is 0. The van der Waals surface area contributed by atoms with Gasteiger partial charge in [0.2, 0.25) is 5.91 Å². The molecule has 5 nitrogen and oxygen atoms in total. The minimum Gasteiger partial charge on any atom is -0.370 e. The van der Waals surface area contributed by atoms with Crippen molar-refractivity contribution in [3.05, 3.63) is 0 Å². The Balaban J connectivity index is 0. The number of aliphatic imine (C=N–C) groups is 1. The van der Waals surface area contributed by atoms with E-state index in [1.54, 1.807) is 14.1 Å². The number of likely N-dealkylation sites (N-methyl/N-ethyl adjacent to an activating group) is 1. The van der Waals surface area contributed by atoms with Gasteiger partial charge in [-0.1, -0.05) is 39.0 Å². The lowest BCUT2D eigenvalue weighted by Crippen LogP contribution is -2.34. The topological polar surface area (TPSA) is 70.7 Å². The van der Waals surface area contributed by atoms with Crippen LogP contribution in [0.15, 0.2) is 4.99 Å². The number of nitrogens with two attached hydrogens (primary N) is 1. The van der Waals surface area contributed by atoms with Gasteiger partial charge in [-0.15, -0.1) is 24.0 Å². The van der Waals surface area contributed by atoms with Gasteiger partial charge in [0.05, 0.1) is 0 Å². The van der Waals surface area contributed by atoms with Crippen LogP contribution in [0.3, 0.4) is 0 Å². The Labute approximate surface area is 134 Å². The molecule has 0 spiro atoms. The molecule has 0 radical (unpaired) electrons. The molecular weight excluding hydrogens is 355 g/mol. The molecule has 0 aromatic rings. The number of halogens is 1. The number of rotatable bonds is 9. The number of hydrogen-bond donors (Lipinski definition) is 2. The average molecular weight is 384 g/mol. The fraction of sp³-hybridized carbons (Fsp3) is 0.846. The molecule has 0 rings (SSSR count). The summed E-state index contributed by atoms with van der Waals surface area (Å²) in [7, 11) is 3.41. The van der Waals surface area contributed by atoms with Crippen LogP contribution in [0.5, 0.6) is 0 Å². The molecule has 0 aromatic carbocycles. The van der Waals surface area contributed by atoms with E-state index in [9.17, 15) is 4.79 Å². The number of unbranched alkanes of at least 4 members (excludes halogenated alkanes) is 5. The van der Waals surface area contributed by atoms with Gasteiger partial charge in [0.1, 0.15) is 6.54 Å². The quantitative estimate of drug-likeness (QED) is 0.276. The molecule has 6 heteroatoms. The van der Waals surface area contributed by atoms with Crippen LogP contribution in [-0.4, -0.2) is 44.0 Å². The van der Waals surface area contributed by atoms with Gasteiger partial charge < -0.3 is 16.0 Å². The molecule has 0 fully saturated rings. The van der Waals surface area contributed by atoms with Gasteiger partial charge in [-0.2, -0.15) is 0 Å². The number of carbonyl (C=O) groups is 1. The Morgan fingerprint density at radius 3 is 2.32 bits per heavy atom. The van der Waals surface area contributed by atoms with E-state index in [0.29, 0.717) is 5.96 Å². The molecule has 19 heavy (non-hydrogen) atoms. The monoisotopic (exact) mass is 384 g/mol. The van der Waals surface area contributed by atoms with Crippen molar-refractivity contribution in [3.8, 4) is 0 Å². The highest BCUT2D eigenvalue weighted by Gasteiger charge is 2.01. The lowest BCUT2D eigenvalue weighted by molar-refractivity contribution is -0.127. The average Bonchev–Trinajstić information content (AvgIpc) is 2.34. The number of nitrogens with zero attached hydrogens (tertiary/aromatic N) is 2. The number of carbonyl (C=O) groups excluding carboxylic acids is 1. The van der Waals surface area contributed by atoms with Gasteiger partial charge in [-0.05, 0) is 6.42 Å². The Morgan fingerprint density at radius 1 is 1.16 bits per heavy atom. The van der Waals surface area contributed by atoms with Crippen LogP contribution in [0.1, 0.15) is 45.4 Å². The summed E-state index contributed by atoms with van der Waals surface area (Å²) < 4.78 is 0. The van der Waals surface area contributed by atoms with Crippen molar-refractivity contribution in [2.75, 3.05) is 27.2 Å². The minimum absolute atomic E-state index is 0. The molecule has 3 N–H and O–H groups in total. The molecule has 0 saturated carbocycles. The maximum Gasteiger partial charge on any atom is 0.243 e. The highest BCUT2D eigenvalue weighted by molar-refractivity contribution is 14.0. The summed E-state index contributed by atoms with van der Waals surface area (Å²) in [6, 6.07) is 0. The fourth-order valence-electron chi connectivity index (χ4n) is 1.47. The maximum atomic E-state index is 11.3. The second-order valence-electron chi connectivity index (χ2n) is 4.68. The normalized spacial score (nSPS) is 10.8.